The van der Waals surface area contributed by atoms with Crippen molar-refractivity contribution < 1.29 is 5.11 Å². The Morgan fingerprint density at radius 2 is 2.12 bits per heavy atom. The molecule has 1 rings (SSSR count). The van der Waals surface area contributed by atoms with Crippen LogP contribution >= 0.6 is 0 Å². The molecule has 2 N–H and O–H groups in total. The number of hydrogen-bond acceptors (Lipinski definition) is 3. The number of nitrogens with zero attached hydrogens (tertiary/aromatic N) is 2. The van der Waals surface area contributed by atoms with E-state index in [9.17, 15) is 5.11 Å². The molecule has 98 valence electrons. The van der Waals surface area contributed by atoms with Crippen molar-refractivity contribution in [3.63, 3.8) is 0 Å². The third-order valence-corrected chi connectivity index (χ3v) is 2.91. The number of rotatable bonds is 7. The summed E-state index contributed by atoms with van der Waals surface area (Å²) in [6, 6.07) is 2.16. The summed E-state index contributed by atoms with van der Waals surface area (Å²) in [5, 5.41) is 17.1. The van der Waals surface area contributed by atoms with Crippen LogP contribution in [-0.2, 0) is 19.5 Å². The topological polar surface area (TPSA) is 50.1 Å². The van der Waals surface area contributed by atoms with Gasteiger partial charge in [-0.15, -0.1) is 0 Å². The maximum Gasteiger partial charge on any atom is 0.0625 e. The van der Waals surface area contributed by atoms with E-state index in [1.807, 2.05) is 4.68 Å². The maximum atomic E-state index is 9.18. The van der Waals surface area contributed by atoms with Crippen LogP contribution in [0.2, 0.25) is 0 Å². The van der Waals surface area contributed by atoms with E-state index in [0.717, 1.165) is 31.7 Å². The summed E-state index contributed by atoms with van der Waals surface area (Å²) in [5.41, 5.74) is 2.30. The van der Waals surface area contributed by atoms with Gasteiger partial charge >= 0.3 is 0 Å². The van der Waals surface area contributed by atoms with E-state index < -0.39 is 0 Å². The van der Waals surface area contributed by atoms with Crippen molar-refractivity contribution in [1.82, 2.24) is 15.1 Å². The van der Waals surface area contributed by atoms with Crippen LogP contribution in [0, 0.1) is 5.41 Å². The Morgan fingerprint density at radius 1 is 1.41 bits per heavy atom. The van der Waals surface area contributed by atoms with Gasteiger partial charge in [-0.25, -0.2) is 0 Å². The lowest BCUT2D eigenvalue weighted by atomic mass is 9.95. The molecule has 4 heteroatoms. The fourth-order valence-corrected chi connectivity index (χ4v) is 1.69. The molecule has 0 amide bonds. The number of nitrogens with one attached hydrogen (secondary N) is 1. The second-order valence-corrected chi connectivity index (χ2v) is 5.22. The highest BCUT2D eigenvalue weighted by Gasteiger charge is 2.16. The standard InChI is InChI=1S/C13H25N3O/c1-5-11-7-12(16(6-2)15-11)8-14-9-13(3,4)10-17/h7,14,17H,5-6,8-10H2,1-4H3. The number of aryl methyl sites for hydroxylation is 2. The van der Waals surface area contributed by atoms with Gasteiger partial charge in [0, 0.05) is 31.7 Å². The van der Waals surface area contributed by atoms with Crippen LogP contribution in [-0.4, -0.2) is 28.0 Å². The molecule has 0 aliphatic heterocycles. The minimum atomic E-state index is -0.0648. The average molecular weight is 239 g/mol. The molecule has 0 atom stereocenters. The Morgan fingerprint density at radius 3 is 2.65 bits per heavy atom. The van der Waals surface area contributed by atoms with Gasteiger partial charge in [-0.1, -0.05) is 20.8 Å². The Hall–Kier alpha value is -0.870. The number of aromatic nitrogens is 2. The molecule has 0 saturated carbocycles. The van der Waals surface area contributed by atoms with Crippen LogP contribution in [0.4, 0.5) is 0 Å². The third kappa shape index (κ3) is 4.13. The zero-order valence-corrected chi connectivity index (χ0v) is 11.5. The molecular formula is C13H25N3O. The second kappa shape index (κ2) is 6.17. The van der Waals surface area contributed by atoms with Gasteiger partial charge in [0.1, 0.15) is 0 Å². The van der Waals surface area contributed by atoms with Gasteiger partial charge in [0.2, 0.25) is 0 Å². The molecule has 0 aliphatic carbocycles. The predicted molar refractivity (Wildman–Crippen MR) is 69.9 cm³/mol. The number of aliphatic hydroxyl groups is 1. The Labute approximate surface area is 104 Å². The minimum Gasteiger partial charge on any atom is -0.396 e. The maximum absolute atomic E-state index is 9.18. The molecule has 1 aromatic heterocycles. The second-order valence-electron chi connectivity index (χ2n) is 5.22. The predicted octanol–water partition coefficient (Wildman–Crippen LogP) is 1.57. The molecule has 0 unspecified atom stereocenters. The first-order chi connectivity index (χ1) is 8.02. The van der Waals surface area contributed by atoms with Crippen molar-refractivity contribution in [2.75, 3.05) is 13.2 Å². The molecule has 0 fully saturated rings. The zero-order valence-electron chi connectivity index (χ0n) is 11.5. The molecule has 0 saturated heterocycles. The first-order valence-corrected chi connectivity index (χ1v) is 6.39. The van der Waals surface area contributed by atoms with Crippen molar-refractivity contribution in [2.24, 2.45) is 5.41 Å². The lowest BCUT2D eigenvalue weighted by molar-refractivity contribution is 0.156. The highest BCUT2D eigenvalue weighted by molar-refractivity contribution is 5.10. The highest BCUT2D eigenvalue weighted by atomic mass is 16.3. The van der Waals surface area contributed by atoms with Gasteiger partial charge in [0.05, 0.1) is 11.4 Å². The minimum absolute atomic E-state index is 0.0648. The summed E-state index contributed by atoms with van der Waals surface area (Å²) in [6.45, 7) is 11.0. The van der Waals surface area contributed by atoms with E-state index in [-0.39, 0.29) is 12.0 Å². The highest BCUT2D eigenvalue weighted by Crippen LogP contribution is 2.12. The fraction of sp³-hybridized carbons (Fsp3) is 0.769. The lowest BCUT2D eigenvalue weighted by Crippen LogP contribution is -2.32. The van der Waals surface area contributed by atoms with Gasteiger partial charge in [-0.3, -0.25) is 4.68 Å². The van der Waals surface area contributed by atoms with E-state index >= 15 is 0 Å². The van der Waals surface area contributed by atoms with Crippen LogP contribution < -0.4 is 5.32 Å². The molecule has 17 heavy (non-hydrogen) atoms. The quantitative estimate of drug-likeness (QED) is 0.759. The molecular weight excluding hydrogens is 214 g/mol. The third-order valence-electron chi connectivity index (χ3n) is 2.91. The average Bonchev–Trinajstić information content (AvgIpc) is 2.71. The Balaban J connectivity index is 2.54. The molecule has 0 aromatic carbocycles. The van der Waals surface area contributed by atoms with Gasteiger partial charge in [-0.2, -0.15) is 5.10 Å². The molecule has 1 heterocycles. The van der Waals surface area contributed by atoms with Gasteiger partial charge in [-0.05, 0) is 19.4 Å². The zero-order chi connectivity index (χ0) is 12.9. The van der Waals surface area contributed by atoms with Crippen molar-refractivity contribution in [3.8, 4) is 0 Å². The summed E-state index contributed by atoms with van der Waals surface area (Å²) < 4.78 is 2.04. The van der Waals surface area contributed by atoms with Crippen molar-refractivity contribution >= 4 is 0 Å². The first-order valence-electron chi connectivity index (χ1n) is 6.39. The van der Waals surface area contributed by atoms with Crippen LogP contribution in [0.5, 0.6) is 0 Å². The monoisotopic (exact) mass is 239 g/mol. The van der Waals surface area contributed by atoms with E-state index in [2.05, 4.69) is 44.2 Å². The fourth-order valence-electron chi connectivity index (χ4n) is 1.69. The Bertz CT molecular complexity index is 344. The summed E-state index contributed by atoms with van der Waals surface area (Å²) >= 11 is 0. The molecule has 0 radical (unpaired) electrons. The van der Waals surface area contributed by atoms with Crippen LogP contribution in [0.25, 0.3) is 0 Å². The van der Waals surface area contributed by atoms with Gasteiger partial charge in [0.25, 0.3) is 0 Å². The van der Waals surface area contributed by atoms with E-state index in [0.29, 0.717) is 0 Å². The summed E-state index contributed by atoms with van der Waals surface area (Å²) in [5.74, 6) is 0. The van der Waals surface area contributed by atoms with Crippen LogP contribution in [0.3, 0.4) is 0 Å². The van der Waals surface area contributed by atoms with Crippen LogP contribution in [0.1, 0.15) is 39.1 Å². The van der Waals surface area contributed by atoms with Gasteiger partial charge < -0.3 is 10.4 Å². The molecule has 0 aliphatic rings. The van der Waals surface area contributed by atoms with E-state index in [1.54, 1.807) is 0 Å². The summed E-state index contributed by atoms with van der Waals surface area (Å²) in [6.07, 6.45) is 0.974. The van der Waals surface area contributed by atoms with Gasteiger partial charge in [0.15, 0.2) is 0 Å². The Kier molecular flexibility index (Phi) is 5.15. The molecule has 0 bridgehead atoms. The molecule has 0 spiro atoms. The molecule has 4 nitrogen and oxygen atoms in total. The lowest BCUT2D eigenvalue weighted by Gasteiger charge is -2.21. The van der Waals surface area contributed by atoms with Crippen molar-refractivity contribution in [3.05, 3.63) is 17.5 Å². The smallest absolute Gasteiger partial charge is 0.0625 e. The summed E-state index contributed by atoms with van der Waals surface area (Å²) in [7, 11) is 0. The molecule has 1 aromatic rings. The largest absolute Gasteiger partial charge is 0.396 e. The summed E-state index contributed by atoms with van der Waals surface area (Å²) in [4.78, 5) is 0. The van der Waals surface area contributed by atoms with E-state index in [4.69, 9.17) is 0 Å². The van der Waals surface area contributed by atoms with Crippen LogP contribution in [0.15, 0.2) is 6.07 Å². The van der Waals surface area contributed by atoms with Crippen molar-refractivity contribution in [2.45, 2.75) is 47.2 Å². The number of aliphatic hydroxyl groups excluding tert-OH is 1. The van der Waals surface area contributed by atoms with Crippen molar-refractivity contribution in [1.29, 1.82) is 0 Å². The first kappa shape index (κ1) is 14.2. The number of hydrogen-bond donors (Lipinski definition) is 2. The SMILES string of the molecule is CCc1cc(CNCC(C)(C)CO)n(CC)n1. The van der Waals surface area contributed by atoms with E-state index in [1.165, 1.54) is 5.69 Å². The normalized spacial score (nSPS) is 12.1.